The van der Waals surface area contributed by atoms with Crippen LogP contribution in [0.25, 0.3) is 0 Å². The fourth-order valence-electron chi connectivity index (χ4n) is 2.02. The van der Waals surface area contributed by atoms with Gasteiger partial charge in [-0.15, -0.1) is 13.2 Å². The van der Waals surface area contributed by atoms with E-state index in [0.29, 0.717) is 18.6 Å². The fraction of sp³-hybridized carbons (Fsp3) is 0.600. The molecule has 1 aliphatic rings. The Morgan fingerprint density at radius 2 is 1.77 bits per heavy atom. The van der Waals surface area contributed by atoms with E-state index in [2.05, 4.69) is 13.2 Å². The average Bonchev–Trinajstić information content (AvgIpc) is 2.29. The molecule has 0 aromatic carbocycles. The van der Waals surface area contributed by atoms with E-state index in [-0.39, 0.29) is 0 Å². The molecular formula is C10H16O2S. The zero-order chi connectivity index (χ0) is 9.95. The smallest absolute Gasteiger partial charge is 0.156 e. The lowest BCUT2D eigenvalue weighted by Gasteiger charge is -2.24. The Morgan fingerprint density at radius 1 is 1.23 bits per heavy atom. The van der Waals surface area contributed by atoms with Crippen LogP contribution in [0, 0.1) is 0 Å². The molecule has 0 atom stereocenters. The predicted octanol–water partition coefficient (Wildman–Crippen LogP) is 2.09. The van der Waals surface area contributed by atoms with Gasteiger partial charge in [0.15, 0.2) is 9.84 Å². The van der Waals surface area contributed by atoms with Crippen LogP contribution >= 0.6 is 0 Å². The highest BCUT2D eigenvalue weighted by Gasteiger charge is 2.45. The van der Waals surface area contributed by atoms with Gasteiger partial charge in [-0.25, -0.2) is 8.42 Å². The first-order chi connectivity index (χ1) is 6.08. The van der Waals surface area contributed by atoms with E-state index >= 15 is 0 Å². The molecule has 3 heteroatoms. The summed E-state index contributed by atoms with van der Waals surface area (Å²) >= 11 is 0. The average molecular weight is 200 g/mol. The topological polar surface area (TPSA) is 34.1 Å². The molecule has 0 aliphatic carbocycles. The summed E-state index contributed by atoms with van der Waals surface area (Å²) < 4.78 is 23.0. The standard InChI is InChI=1S/C10H16O2S/c1-3-6-10(7-4-2)8-5-9-13(10,11)12/h3-4H,1-2,5-9H2. The van der Waals surface area contributed by atoms with E-state index in [0.717, 1.165) is 12.8 Å². The molecule has 13 heavy (non-hydrogen) atoms. The highest BCUT2D eigenvalue weighted by Crippen LogP contribution is 2.38. The Hall–Kier alpha value is -0.570. The van der Waals surface area contributed by atoms with Gasteiger partial charge in [-0.2, -0.15) is 0 Å². The molecule has 0 amide bonds. The third kappa shape index (κ3) is 1.70. The van der Waals surface area contributed by atoms with Crippen molar-refractivity contribution in [2.45, 2.75) is 30.4 Å². The van der Waals surface area contributed by atoms with Gasteiger partial charge in [0.05, 0.1) is 10.5 Å². The van der Waals surface area contributed by atoms with Crippen LogP contribution in [0.1, 0.15) is 25.7 Å². The van der Waals surface area contributed by atoms with Crippen molar-refractivity contribution in [3.63, 3.8) is 0 Å². The zero-order valence-electron chi connectivity index (χ0n) is 7.83. The predicted molar refractivity (Wildman–Crippen MR) is 55.4 cm³/mol. The normalized spacial score (nSPS) is 24.0. The van der Waals surface area contributed by atoms with E-state index in [1.165, 1.54) is 0 Å². The Morgan fingerprint density at radius 3 is 2.08 bits per heavy atom. The van der Waals surface area contributed by atoms with E-state index in [1.54, 1.807) is 12.2 Å². The van der Waals surface area contributed by atoms with Crippen molar-refractivity contribution in [2.24, 2.45) is 0 Å². The van der Waals surface area contributed by atoms with Crippen LogP contribution in [0.15, 0.2) is 25.3 Å². The minimum atomic E-state index is -2.92. The summed E-state index contributed by atoms with van der Waals surface area (Å²) in [5.74, 6) is 0.328. The first kappa shape index (κ1) is 10.5. The minimum absolute atomic E-state index is 0.328. The quantitative estimate of drug-likeness (QED) is 0.651. The molecule has 1 aliphatic heterocycles. The van der Waals surface area contributed by atoms with Crippen molar-refractivity contribution >= 4 is 9.84 Å². The highest BCUT2D eigenvalue weighted by atomic mass is 32.2. The fourth-order valence-corrected chi connectivity index (χ4v) is 4.18. The van der Waals surface area contributed by atoms with Crippen molar-refractivity contribution in [1.82, 2.24) is 0 Å². The van der Waals surface area contributed by atoms with Gasteiger partial charge in [0.2, 0.25) is 0 Å². The Kier molecular flexibility index (Phi) is 2.96. The van der Waals surface area contributed by atoms with Crippen molar-refractivity contribution < 1.29 is 8.42 Å². The molecule has 1 rings (SSSR count). The lowest BCUT2D eigenvalue weighted by atomic mass is 9.95. The van der Waals surface area contributed by atoms with Crippen LogP contribution in [-0.2, 0) is 9.84 Å². The molecule has 0 N–H and O–H groups in total. The second-order valence-electron chi connectivity index (χ2n) is 3.59. The molecule has 1 fully saturated rings. The minimum Gasteiger partial charge on any atom is -0.228 e. The largest absolute Gasteiger partial charge is 0.228 e. The summed E-state index contributed by atoms with van der Waals surface area (Å²) in [4.78, 5) is 0. The van der Waals surface area contributed by atoms with Crippen molar-refractivity contribution in [1.29, 1.82) is 0 Å². The van der Waals surface area contributed by atoms with Gasteiger partial charge in [-0.1, -0.05) is 12.2 Å². The van der Waals surface area contributed by atoms with Gasteiger partial charge in [-0.3, -0.25) is 0 Å². The molecule has 1 saturated heterocycles. The van der Waals surface area contributed by atoms with Crippen LogP contribution in [0.4, 0.5) is 0 Å². The van der Waals surface area contributed by atoms with Gasteiger partial charge < -0.3 is 0 Å². The van der Waals surface area contributed by atoms with Gasteiger partial charge in [0.25, 0.3) is 0 Å². The van der Waals surface area contributed by atoms with E-state index < -0.39 is 14.6 Å². The molecule has 0 saturated carbocycles. The maximum Gasteiger partial charge on any atom is 0.156 e. The van der Waals surface area contributed by atoms with Crippen LogP contribution < -0.4 is 0 Å². The maximum atomic E-state index is 11.8. The maximum absolute atomic E-state index is 11.8. The molecule has 0 radical (unpaired) electrons. The summed E-state index contributed by atoms with van der Waals surface area (Å²) in [7, 11) is -2.92. The Bertz CT molecular complexity index is 291. The van der Waals surface area contributed by atoms with Crippen molar-refractivity contribution in [3.8, 4) is 0 Å². The molecular weight excluding hydrogens is 184 g/mol. The molecule has 0 aromatic rings. The van der Waals surface area contributed by atoms with E-state index in [4.69, 9.17) is 0 Å². The number of sulfone groups is 1. The van der Waals surface area contributed by atoms with Gasteiger partial charge in [0.1, 0.15) is 0 Å². The van der Waals surface area contributed by atoms with Crippen molar-refractivity contribution in [2.75, 3.05) is 5.75 Å². The van der Waals surface area contributed by atoms with E-state index in [1.807, 2.05) is 0 Å². The monoisotopic (exact) mass is 200 g/mol. The number of hydrogen-bond acceptors (Lipinski definition) is 2. The summed E-state index contributed by atoms with van der Waals surface area (Å²) in [5.41, 5.74) is 0. The highest BCUT2D eigenvalue weighted by molar-refractivity contribution is 7.93. The third-order valence-electron chi connectivity index (χ3n) is 2.74. The van der Waals surface area contributed by atoms with Gasteiger partial charge >= 0.3 is 0 Å². The number of allylic oxidation sites excluding steroid dienone is 2. The van der Waals surface area contributed by atoms with Crippen LogP contribution in [0.3, 0.4) is 0 Å². The zero-order valence-corrected chi connectivity index (χ0v) is 8.65. The molecule has 0 spiro atoms. The lowest BCUT2D eigenvalue weighted by Crippen LogP contribution is -2.33. The Labute approximate surface area is 80.3 Å². The molecule has 74 valence electrons. The number of hydrogen-bond donors (Lipinski definition) is 0. The Balaban J connectivity index is 3.01. The molecule has 0 aromatic heterocycles. The molecule has 0 unspecified atom stereocenters. The van der Waals surface area contributed by atoms with Crippen molar-refractivity contribution in [3.05, 3.63) is 25.3 Å². The third-order valence-corrected chi connectivity index (χ3v) is 5.42. The van der Waals surface area contributed by atoms with E-state index in [9.17, 15) is 8.42 Å². The molecule has 2 nitrogen and oxygen atoms in total. The summed E-state index contributed by atoms with van der Waals surface area (Å²) in [6, 6.07) is 0. The van der Waals surface area contributed by atoms with Gasteiger partial charge in [-0.05, 0) is 25.7 Å². The molecule has 0 bridgehead atoms. The first-order valence-corrected chi connectivity index (χ1v) is 6.17. The lowest BCUT2D eigenvalue weighted by molar-refractivity contribution is 0.514. The number of rotatable bonds is 4. The molecule has 1 heterocycles. The summed E-state index contributed by atoms with van der Waals surface area (Å²) in [6.45, 7) is 7.24. The summed E-state index contributed by atoms with van der Waals surface area (Å²) in [5, 5.41) is 0. The first-order valence-electron chi connectivity index (χ1n) is 4.52. The second-order valence-corrected chi connectivity index (χ2v) is 6.09. The summed E-state index contributed by atoms with van der Waals surface area (Å²) in [6.07, 6.45) is 6.05. The van der Waals surface area contributed by atoms with Crippen LogP contribution in [-0.4, -0.2) is 18.9 Å². The van der Waals surface area contributed by atoms with Crippen LogP contribution in [0.2, 0.25) is 0 Å². The van der Waals surface area contributed by atoms with Crippen LogP contribution in [0.5, 0.6) is 0 Å². The SMILES string of the molecule is C=CCC1(CC=C)CCCS1(=O)=O. The van der Waals surface area contributed by atoms with Gasteiger partial charge in [0, 0.05) is 0 Å². The second kappa shape index (κ2) is 3.66.